The Balaban J connectivity index is 2.13. The van der Waals surface area contributed by atoms with E-state index in [1.54, 1.807) is 0 Å². The molecule has 3 saturated carbocycles. The average Bonchev–Trinajstić information content (AvgIpc) is 2.27. The minimum atomic E-state index is 0.244. The Morgan fingerprint density at radius 3 is 2.17 bits per heavy atom. The molecular formula is C16H30BCl. The zero-order valence-electron chi connectivity index (χ0n) is 13.3. The van der Waals surface area contributed by atoms with Crippen LogP contribution in [0.25, 0.3) is 0 Å². The molecule has 0 unspecified atom stereocenters. The van der Waals surface area contributed by atoms with E-state index in [1.807, 2.05) is 0 Å². The lowest BCUT2D eigenvalue weighted by atomic mass is 9.31. The summed E-state index contributed by atoms with van der Waals surface area (Å²) in [5, 5.41) is 0.244. The van der Waals surface area contributed by atoms with Crippen molar-refractivity contribution in [3.8, 4) is 0 Å². The van der Waals surface area contributed by atoms with Crippen LogP contribution in [-0.2, 0) is 0 Å². The van der Waals surface area contributed by atoms with E-state index in [9.17, 15) is 0 Å². The van der Waals surface area contributed by atoms with Crippen LogP contribution in [0.1, 0.15) is 61.3 Å². The molecule has 3 fully saturated rings. The van der Waals surface area contributed by atoms with Crippen molar-refractivity contribution in [1.82, 2.24) is 0 Å². The molecule has 3 rings (SSSR count). The van der Waals surface area contributed by atoms with Crippen LogP contribution in [0.5, 0.6) is 0 Å². The van der Waals surface area contributed by atoms with Crippen LogP contribution in [0.2, 0.25) is 11.1 Å². The predicted octanol–water partition coefficient (Wildman–Crippen LogP) is 5.73. The number of halogens is 1. The smallest absolute Gasteiger partial charge is 0.195 e. The molecule has 0 amide bonds. The summed E-state index contributed by atoms with van der Waals surface area (Å²) in [7, 11) is 0. The van der Waals surface area contributed by atoms with E-state index in [-0.39, 0.29) is 5.31 Å². The van der Waals surface area contributed by atoms with Gasteiger partial charge in [0.05, 0.1) is 0 Å². The maximum absolute atomic E-state index is 6.92. The van der Waals surface area contributed by atoms with E-state index >= 15 is 0 Å². The molecule has 2 bridgehead atoms. The van der Waals surface area contributed by atoms with Crippen LogP contribution < -0.4 is 0 Å². The van der Waals surface area contributed by atoms with Gasteiger partial charge in [0, 0.05) is 0 Å². The van der Waals surface area contributed by atoms with Crippen molar-refractivity contribution in [2.75, 3.05) is 0 Å². The molecular weight excluding hydrogens is 238 g/mol. The van der Waals surface area contributed by atoms with Crippen molar-refractivity contribution in [3.63, 3.8) is 0 Å². The zero-order chi connectivity index (χ0) is 13.9. The maximum Gasteiger partial charge on any atom is 0.260 e. The molecule has 0 heterocycles. The largest absolute Gasteiger partial charge is 0.260 e. The SMILES string of the molecule is CC(C)C(C)(C)B(Cl)[C@@H]1C[C@@H]2C[C@H]([C@H]1C)C2(C)C. The van der Waals surface area contributed by atoms with E-state index in [0.717, 1.165) is 23.6 Å². The van der Waals surface area contributed by atoms with E-state index in [2.05, 4.69) is 48.5 Å². The number of hydrogen-bond donors (Lipinski definition) is 0. The number of rotatable bonds is 3. The van der Waals surface area contributed by atoms with Crippen LogP contribution in [0, 0.1) is 29.1 Å². The van der Waals surface area contributed by atoms with Gasteiger partial charge in [-0.05, 0) is 46.6 Å². The summed E-state index contributed by atoms with van der Waals surface area (Å²) in [6.07, 6.45) is 3.14. The molecule has 2 heteroatoms. The fourth-order valence-corrected chi connectivity index (χ4v) is 5.03. The van der Waals surface area contributed by atoms with Gasteiger partial charge in [-0.2, -0.15) is 11.5 Å². The minimum absolute atomic E-state index is 0.244. The van der Waals surface area contributed by atoms with Gasteiger partial charge in [-0.1, -0.05) is 54.9 Å². The first-order valence-electron chi connectivity index (χ1n) is 7.74. The van der Waals surface area contributed by atoms with Crippen LogP contribution in [-0.4, -0.2) is 6.13 Å². The summed E-state index contributed by atoms with van der Waals surface area (Å²) in [6, 6.07) is 0. The second kappa shape index (κ2) is 4.43. The van der Waals surface area contributed by atoms with Crippen LogP contribution in [0.15, 0.2) is 0 Å². The molecule has 0 aliphatic heterocycles. The summed E-state index contributed by atoms with van der Waals surface area (Å²) < 4.78 is 0. The lowest BCUT2D eigenvalue weighted by Crippen LogP contribution is -2.56. The monoisotopic (exact) mass is 268 g/mol. The van der Waals surface area contributed by atoms with Crippen LogP contribution in [0.3, 0.4) is 0 Å². The molecule has 0 aromatic heterocycles. The lowest BCUT2D eigenvalue weighted by Gasteiger charge is -2.63. The van der Waals surface area contributed by atoms with Crippen LogP contribution in [0.4, 0.5) is 0 Å². The number of fused-ring (bicyclic) bond motifs is 2. The van der Waals surface area contributed by atoms with E-state index < -0.39 is 0 Å². The quantitative estimate of drug-likeness (QED) is 0.574. The maximum atomic E-state index is 6.92. The molecule has 0 aromatic rings. The van der Waals surface area contributed by atoms with Gasteiger partial charge >= 0.3 is 0 Å². The fraction of sp³-hybridized carbons (Fsp3) is 1.00. The zero-order valence-corrected chi connectivity index (χ0v) is 14.0. The minimum Gasteiger partial charge on any atom is -0.195 e. The Bertz CT molecular complexity index is 321. The first kappa shape index (κ1) is 14.8. The van der Waals surface area contributed by atoms with Crippen LogP contribution >= 0.6 is 11.5 Å². The molecule has 0 spiro atoms. The summed E-state index contributed by atoms with van der Waals surface area (Å²) in [5.74, 6) is 4.00. The Morgan fingerprint density at radius 2 is 1.78 bits per heavy atom. The lowest BCUT2D eigenvalue weighted by molar-refractivity contribution is -0.0992. The second-order valence-electron chi connectivity index (χ2n) is 8.50. The normalized spacial score (nSPS) is 38.5. The van der Waals surface area contributed by atoms with E-state index in [4.69, 9.17) is 11.5 Å². The van der Waals surface area contributed by atoms with Crippen molar-refractivity contribution >= 4 is 17.6 Å². The van der Waals surface area contributed by atoms with Crippen molar-refractivity contribution in [1.29, 1.82) is 0 Å². The van der Waals surface area contributed by atoms with Gasteiger partial charge in [0.1, 0.15) is 0 Å². The molecule has 0 radical (unpaired) electrons. The Morgan fingerprint density at radius 1 is 1.22 bits per heavy atom. The molecule has 18 heavy (non-hydrogen) atoms. The number of hydrogen-bond acceptors (Lipinski definition) is 0. The topological polar surface area (TPSA) is 0 Å². The highest BCUT2D eigenvalue weighted by Crippen LogP contribution is 2.66. The third-order valence-electron chi connectivity index (χ3n) is 6.99. The third-order valence-corrected chi connectivity index (χ3v) is 7.87. The Labute approximate surface area is 119 Å². The van der Waals surface area contributed by atoms with Gasteiger partial charge in [0.25, 0.3) is 6.13 Å². The molecule has 3 aliphatic rings. The molecule has 0 nitrogen and oxygen atoms in total. The van der Waals surface area contributed by atoms with Crippen molar-refractivity contribution in [3.05, 3.63) is 0 Å². The fourth-order valence-electron chi connectivity index (χ4n) is 4.45. The highest BCUT2D eigenvalue weighted by molar-refractivity contribution is 7.09. The van der Waals surface area contributed by atoms with E-state index in [0.29, 0.717) is 17.5 Å². The molecule has 0 N–H and O–H groups in total. The second-order valence-corrected chi connectivity index (χ2v) is 8.97. The molecule has 4 atom stereocenters. The first-order chi connectivity index (χ1) is 8.10. The van der Waals surface area contributed by atoms with Crippen molar-refractivity contribution in [2.45, 2.75) is 72.4 Å². The molecule has 3 aliphatic carbocycles. The molecule has 0 aromatic carbocycles. The highest BCUT2D eigenvalue weighted by Gasteiger charge is 2.59. The van der Waals surface area contributed by atoms with E-state index in [1.165, 1.54) is 12.8 Å². The standard InChI is InChI=1S/C16H30BCl/c1-10(2)16(6,7)17(18)14-9-12-8-13(11(14)3)15(12,4)5/h10-14H,8-9H2,1-7H3/t11-,12+,13-,14-/m1/s1. The third kappa shape index (κ3) is 1.96. The summed E-state index contributed by atoms with van der Waals surface area (Å²) in [5.41, 5.74) is 0.578. The van der Waals surface area contributed by atoms with Gasteiger partial charge < -0.3 is 0 Å². The molecule has 104 valence electrons. The van der Waals surface area contributed by atoms with Crippen molar-refractivity contribution in [2.24, 2.45) is 29.1 Å². The summed E-state index contributed by atoms with van der Waals surface area (Å²) in [4.78, 5) is 0. The van der Waals surface area contributed by atoms with Crippen molar-refractivity contribution < 1.29 is 0 Å². The predicted molar refractivity (Wildman–Crippen MR) is 83.4 cm³/mol. The molecule has 0 saturated heterocycles. The Hall–Kier alpha value is 0.355. The van der Waals surface area contributed by atoms with Gasteiger partial charge in [0.2, 0.25) is 0 Å². The highest BCUT2D eigenvalue weighted by atomic mass is 35.5. The summed E-state index contributed by atoms with van der Waals surface area (Å²) >= 11 is 6.92. The first-order valence-corrected chi connectivity index (χ1v) is 8.17. The summed E-state index contributed by atoms with van der Waals surface area (Å²) in [6.45, 7) is 16.7. The Kier molecular flexibility index (Phi) is 3.64. The average molecular weight is 269 g/mol. The van der Waals surface area contributed by atoms with Gasteiger partial charge in [-0.3, -0.25) is 0 Å². The van der Waals surface area contributed by atoms with Gasteiger partial charge in [-0.25, -0.2) is 0 Å². The van der Waals surface area contributed by atoms with Gasteiger partial charge in [0.15, 0.2) is 0 Å². The van der Waals surface area contributed by atoms with Gasteiger partial charge in [-0.15, -0.1) is 0 Å².